The van der Waals surface area contributed by atoms with E-state index in [-0.39, 0.29) is 17.6 Å². The number of hydrogen-bond donors (Lipinski definition) is 2. The second-order valence-electron chi connectivity index (χ2n) is 9.97. The van der Waals surface area contributed by atoms with Gasteiger partial charge in [0, 0.05) is 32.3 Å². The van der Waals surface area contributed by atoms with Crippen LogP contribution in [0.2, 0.25) is 0 Å². The molecular formula is C28H33N3O3. The van der Waals surface area contributed by atoms with Crippen LogP contribution in [0.1, 0.15) is 50.8 Å². The van der Waals surface area contributed by atoms with Gasteiger partial charge in [-0.15, -0.1) is 0 Å². The molecule has 0 spiro atoms. The average Bonchev–Trinajstić information content (AvgIpc) is 2.80. The van der Waals surface area contributed by atoms with Crippen LogP contribution in [0.25, 0.3) is 11.1 Å². The van der Waals surface area contributed by atoms with Gasteiger partial charge in [-0.1, -0.05) is 54.6 Å². The van der Waals surface area contributed by atoms with Gasteiger partial charge in [-0.3, -0.25) is 4.79 Å². The van der Waals surface area contributed by atoms with E-state index in [1.807, 2.05) is 72.5 Å². The highest BCUT2D eigenvalue weighted by molar-refractivity contribution is 5.77. The molecule has 178 valence electrons. The molecular weight excluding hydrogens is 426 g/mol. The van der Waals surface area contributed by atoms with Gasteiger partial charge in [0.15, 0.2) is 0 Å². The molecule has 4 rings (SSSR count). The lowest BCUT2D eigenvalue weighted by Gasteiger charge is -2.47. The Morgan fingerprint density at radius 3 is 2.29 bits per heavy atom. The van der Waals surface area contributed by atoms with Crippen LogP contribution in [0.3, 0.4) is 0 Å². The van der Waals surface area contributed by atoms with Gasteiger partial charge in [0.25, 0.3) is 5.56 Å². The maximum atomic E-state index is 13.3. The number of urea groups is 1. The van der Waals surface area contributed by atoms with Crippen LogP contribution in [0.4, 0.5) is 4.79 Å². The molecule has 2 N–H and O–H groups in total. The number of rotatable bonds is 6. The first-order valence-corrected chi connectivity index (χ1v) is 11.7. The number of carbonyl (C=O) groups excluding carboxylic acids is 1. The van der Waals surface area contributed by atoms with Crippen LogP contribution in [-0.4, -0.2) is 32.8 Å². The minimum atomic E-state index is -0.925. The molecule has 6 nitrogen and oxygen atoms in total. The maximum absolute atomic E-state index is 13.3. The molecule has 3 aromatic rings. The van der Waals surface area contributed by atoms with Gasteiger partial charge in [0.2, 0.25) is 0 Å². The van der Waals surface area contributed by atoms with E-state index in [4.69, 9.17) is 0 Å². The zero-order valence-electron chi connectivity index (χ0n) is 20.3. The highest BCUT2D eigenvalue weighted by Gasteiger charge is 2.43. The van der Waals surface area contributed by atoms with Crippen molar-refractivity contribution in [3.8, 4) is 11.1 Å². The minimum Gasteiger partial charge on any atom is -0.390 e. The van der Waals surface area contributed by atoms with E-state index in [0.717, 1.165) is 22.3 Å². The summed E-state index contributed by atoms with van der Waals surface area (Å²) in [5, 5.41) is 13.8. The molecule has 1 aromatic heterocycles. The third-order valence-corrected chi connectivity index (χ3v) is 6.75. The predicted molar refractivity (Wildman–Crippen MR) is 134 cm³/mol. The standard InChI is InChI=1S/C28H33N3O3/c1-20(21-10-12-22(13-11-21)23-14-16-30(4)25(32)18-23)31-17-15-28(29-26(31)33,19-27(2,3)34)24-8-6-5-7-9-24/h5-14,16,18,20,34H,15,17,19H2,1-4H3,(H,29,33)/t20-,28?/m0/s1. The summed E-state index contributed by atoms with van der Waals surface area (Å²) >= 11 is 0. The van der Waals surface area contributed by atoms with Gasteiger partial charge in [-0.2, -0.15) is 0 Å². The Kier molecular flexibility index (Phi) is 6.36. The number of benzene rings is 2. The molecule has 2 amide bonds. The Hall–Kier alpha value is -3.38. The summed E-state index contributed by atoms with van der Waals surface area (Å²) in [7, 11) is 1.73. The second-order valence-corrected chi connectivity index (χ2v) is 9.97. The first-order valence-electron chi connectivity index (χ1n) is 11.7. The molecule has 0 bridgehead atoms. The molecule has 1 unspecified atom stereocenters. The van der Waals surface area contributed by atoms with Crippen molar-refractivity contribution in [3.63, 3.8) is 0 Å². The van der Waals surface area contributed by atoms with E-state index in [2.05, 4.69) is 5.32 Å². The monoisotopic (exact) mass is 459 g/mol. The molecule has 2 heterocycles. The predicted octanol–water partition coefficient (Wildman–Crippen LogP) is 4.59. The number of hydrogen-bond acceptors (Lipinski definition) is 3. The lowest BCUT2D eigenvalue weighted by atomic mass is 9.77. The Morgan fingerprint density at radius 1 is 1.03 bits per heavy atom. The molecule has 34 heavy (non-hydrogen) atoms. The third kappa shape index (κ3) is 4.92. The molecule has 1 saturated heterocycles. The van der Waals surface area contributed by atoms with Crippen molar-refractivity contribution in [2.75, 3.05) is 6.54 Å². The van der Waals surface area contributed by atoms with Crippen molar-refractivity contribution in [2.24, 2.45) is 7.05 Å². The minimum absolute atomic E-state index is 0.0483. The number of nitrogens with one attached hydrogen (secondary N) is 1. The van der Waals surface area contributed by atoms with Crippen molar-refractivity contribution in [2.45, 2.75) is 50.8 Å². The van der Waals surface area contributed by atoms with Crippen LogP contribution >= 0.6 is 0 Å². The second kappa shape index (κ2) is 9.11. The van der Waals surface area contributed by atoms with Crippen molar-refractivity contribution >= 4 is 6.03 Å². The van der Waals surface area contributed by atoms with Crippen molar-refractivity contribution in [1.29, 1.82) is 0 Å². The molecule has 2 aromatic carbocycles. The van der Waals surface area contributed by atoms with Gasteiger partial charge in [0.05, 0.1) is 17.2 Å². The van der Waals surface area contributed by atoms with E-state index < -0.39 is 11.1 Å². The summed E-state index contributed by atoms with van der Waals surface area (Å²) in [5.41, 5.74) is 2.28. The molecule has 0 aliphatic carbocycles. The summed E-state index contributed by atoms with van der Waals surface area (Å²) in [6.45, 7) is 6.17. The quantitative estimate of drug-likeness (QED) is 0.566. The van der Waals surface area contributed by atoms with Gasteiger partial charge in [-0.25, -0.2) is 4.79 Å². The van der Waals surface area contributed by atoms with E-state index in [9.17, 15) is 14.7 Å². The number of aliphatic hydroxyl groups is 1. The number of pyridine rings is 1. The highest BCUT2D eigenvalue weighted by atomic mass is 16.3. The number of aryl methyl sites for hydroxylation is 1. The summed E-state index contributed by atoms with van der Waals surface area (Å²) < 4.78 is 1.54. The lowest BCUT2D eigenvalue weighted by Crippen LogP contribution is -2.60. The smallest absolute Gasteiger partial charge is 0.318 e. The Labute approximate surface area is 200 Å². The van der Waals surface area contributed by atoms with Crippen molar-refractivity contribution in [1.82, 2.24) is 14.8 Å². The van der Waals surface area contributed by atoms with Gasteiger partial charge in [0.1, 0.15) is 0 Å². The molecule has 1 aliphatic heterocycles. The first kappa shape index (κ1) is 23.8. The zero-order chi connectivity index (χ0) is 24.5. The number of aromatic nitrogens is 1. The van der Waals surface area contributed by atoms with Crippen LogP contribution < -0.4 is 10.9 Å². The largest absolute Gasteiger partial charge is 0.390 e. The number of nitrogens with zero attached hydrogens (tertiary/aromatic N) is 2. The molecule has 1 aliphatic rings. The Balaban J connectivity index is 1.54. The molecule has 2 atom stereocenters. The van der Waals surface area contributed by atoms with E-state index >= 15 is 0 Å². The fraction of sp³-hybridized carbons (Fsp3) is 0.357. The van der Waals surface area contributed by atoms with E-state index in [1.54, 1.807) is 37.7 Å². The fourth-order valence-electron chi connectivity index (χ4n) is 4.93. The summed E-state index contributed by atoms with van der Waals surface area (Å²) in [4.78, 5) is 27.2. The number of amides is 2. The summed E-state index contributed by atoms with van der Waals surface area (Å²) in [5.74, 6) is 0. The van der Waals surface area contributed by atoms with Crippen LogP contribution in [0.5, 0.6) is 0 Å². The number of carbonyl (C=O) groups is 1. The van der Waals surface area contributed by atoms with Gasteiger partial charge >= 0.3 is 6.03 Å². The molecule has 0 saturated carbocycles. The van der Waals surface area contributed by atoms with Gasteiger partial charge < -0.3 is 19.9 Å². The van der Waals surface area contributed by atoms with Crippen molar-refractivity contribution < 1.29 is 9.90 Å². The van der Waals surface area contributed by atoms with Crippen LogP contribution in [0.15, 0.2) is 77.7 Å². The molecule has 6 heteroatoms. The SMILES string of the molecule is C[C@@H](c1ccc(-c2ccn(C)c(=O)c2)cc1)N1CCC(CC(C)(C)O)(c2ccccc2)NC1=O. The van der Waals surface area contributed by atoms with Gasteiger partial charge in [-0.05, 0) is 55.5 Å². The topological polar surface area (TPSA) is 74.6 Å². The lowest BCUT2D eigenvalue weighted by molar-refractivity contribution is 0.0221. The maximum Gasteiger partial charge on any atom is 0.318 e. The van der Waals surface area contributed by atoms with E-state index in [0.29, 0.717) is 19.4 Å². The zero-order valence-corrected chi connectivity index (χ0v) is 20.3. The molecule has 1 fully saturated rings. The summed E-state index contributed by atoms with van der Waals surface area (Å²) in [6, 6.07) is 21.2. The van der Waals surface area contributed by atoms with Crippen LogP contribution in [0, 0.1) is 0 Å². The fourth-order valence-corrected chi connectivity index (χ4v) is 4.93. The van der Waals surface area contributed by atoms with Crippen molar-refractivity contribution in [3.05, 3.63) is 94.4 Å². The average molecular weight is 460 g/mol. The van der Waals surface area contributed by atoms with E-state index in [1.165, 1.54) is 0 Å². The van der Waals surface area contributed by atoms with Crippen LogP contribution in [-0.2, 0) is 12.6 Å². The third-order valence-electron chi connectivity index (χ3n) is 6.75. The highest BCUT2D eigenvalue weighted by Crippen LogP contribution is 2.38. The Bertz CT molecular complexity index is 1210. The first-order chi connectivity index (χ1) is 16.1. The normalized spacial score (nSPS) is 19.6. The Morgan fingerprint density at radius 2 is 1.71 bits per heavy atom. The molecule has 0 radical (unpaired) electrons. The summed E-state index contributed by atoms with van der Waals surface area (Å²) in [6.07, 6.45) is 2.89.